The first-order valence-electron chi connectivity index (χ1n) is 8.73. The molecule has 0 fully saturated rings. The van der Waals surface area contributed by atoms with Gasteiger partial charge in [0, 0.05) is 17.3 Å². The molecule has 0 radical (unpaired) electrons. The van der Waals surface area contributed by atoms with E-state index >= 15 is 0 Å². The van der Waals surface area contributed by atoms with Gasteiger partial charge in [0.1, 0.15) is 17.1 Å². The number of benzene rings is 3. The lowest BCUT2D eigenvalue weighted by Crippen LogP contribution is -1.93. The van der Waals surface area contributed by atoms with E-state index in [4.69, 9.17) is 14.8 Å². The Morgan fingerprint density at radius 1 is 0.852 bits per heavy atom. The third-order valence-corrected chi connectivity index (χ3v) is 4.24. The SMILES string of the molecule is COc1ccccc1C=Nc1cn(-c2ccccc2)nc1-c1ccccc1. The number of rotatable bonds is 5. The van der Waals surface area contributed by atoms with E-state index in [1.54, 1.807) is 7.11 Å². The predicted octanol–water partition coefficient (Wildman–Crippen LogP) is 5.30. The molecule has 0 bridgehead atoms. The molecular formula is C23H19N3O. The van der Waals surface area contributed by atoms with Crippen molar-refractivity contribution in [2.45, 2.75) is 0 Å². The molecule has 1 heterocycles. The minimum absolute atomic E-state index is 0.790. The maximum Gasteiger partial charge on any atom is 0.127 e. The monoisotopic (exact) mass is 353 g/mol. The molecule has 0 atom stereocenters. The highest BCUT2D eigenvalue weighted by Gasteiger charge is 2.11. The number of nitrogens with zero attached hydrogens (tertiary/aromatic N) is 3. The summed E-state index contributed by atoms with van der Waals surface area (Å²) in [6.07, 6.45) is 3.77. The van der Waals surface area contributed by atoms with Gasteiger partial charge in [-0.2, -0.15) is 5.10 Å². The van der Waals surface area contributed by atoms with Crippen molar-refractivity contribution in [2.24, 2.45) is 4.99 Å². The number of hydrogen-bond donors (Lipinski definition) is 0. The zero-order valence-corrected chi connectivity index (χ0v) is 15.0. The van der Waals surface area contributed by atoms with Gasteiger partial charge in [-0.15, -0.1) is 0 Å². The van der Waals surface area contributed by atoms with Crippen molar-refractivity contribution >= 4 is 11.9 Å². The van der Waals surface area contributed by atoms with Crippen LogP contribution < -0.4 is 4.74 Å². The van der Waals surface area contributed by atoms with Crippen molar-refractivity contribution in [2.75, 3.05) is 7.11 Å². The molecule has 4 rings (SSSR count). The third kappa shape index (κ3) is 3.65. The minimum Gasteiger partial charge on any atom is -0.496 e. The smallest absolute Gasteiger partial charge is 0.127 e. The number of hydrogen-bond acceptors (Lipinski definition) is 3. The van der Waals surface area contributed by atoms with Crippen molar-refractivity contribution in [3.63, 3.8) is 0 Å². The number of para-hydroxylation sites is 2. The van der Waals surface area contributed by atoms with Gasteiger partial charge in [-0.25, -0.2) is 4.68 Å². The number of ether oxygens (including phenoxy) is 1. The number of methoxy groups -OCH3 is 1. The zero-order valence-electron chi connectivity index (χ0n) is 15.0. The molecule has 0 aliphatic carbocycles. The summed E-state index contributed by atoms with van der Waals surface area (Å²) in [6, 6.07) is 27.9. The number of aromatic nitrogens is 2. The van der Waals surface area contributed by atoms with Crippen LogP contribution >= 0.6 is 0 Å². The van der Waals surface area contributed by atoms with E-state index in [2.05, 4.69) is 0 Å². The van der Waals surface area contributed by atoms with E-state index in [0.717, 1.165) is 33.9 Å². The minimum atomic E-state index is 0.790. The van der Waals surface area contributed by atoms with E-state index in [9.17, 15) is 0 Å². The molecule has 0 spiro atoms. The Bertz CT molecular complexity index is 1050. The van der Waals surface area contributed by atoms with Crippen LogP contribution in [0.1, 0.15) is 5.56 Å². The largest absolute Gasteiger partial charge is 0.496 e. The molecule has 0 aliphatic rings. The van der Waals surface area contributed by atoms with Crippen molar-refractivity contribution < 1.29 is 4.74 Å². The summed E-state index contributed by atoms with van der Waals surface area (Å²) < 4.78 is 7.27. The van der Waals surface area contributed by atoms with Gasteiger partial charge in [0.15, 0.2) is 0 Å². The predicted molar refractivity (Wildman–Crippen MR) is 109 cm³/mol. The van der Waals surface area contributed by atoms with Crippen molar-refractivity contribution in [1.82, 2.24) is 9.78 Å². The highest BCUT2D eigenvalue weighted by atomic mass is 16.5. The van der Waals surface area contributed by atoms with E-state index < -0.39 is 0 Å². The summed E-state index contributed by atoms with van der Waals surface area (Å²) in [4.78, 5) is 4.72. The first-order valence-corrected chi connectivity index (χ1v) is 8.73. The molecule has 0 saturated heterocycles. The fourth-order valence-corrected chi connectivity index (χ4v) is 2.89. The Morgan fingerprint density at radius 2 is 1.52 bits per heavy atom. The highest BCUT2D eigenvalue weighted by Crippen LogP contribution is 2.30. The fourth-order valence-electron chi connectivity index (χ4n) is 2.89. The summed E-state index contributed by atoms with van der Waals surface area (Å²) in [5.41, 5.74) is 4.58. The normalized spacial score (nSPS) is 11.0. The Balaban J connectivity index is 1.79. The van der Waals surface area contributed by atoms with Gasteiger partial charge in [0.05, 0.1) is 19.0 Å². The van der Waals surface area contributed by atoms with Gasteiger partial charge in [-0.1, -0.05) is 60.7 Å². The molecule has 4 nitrogen and oxygen atoms in total. The number of aliphatic imine (C=N–C) groups is 1. The van der Waals surface area contributed by atoms with Gasteiger partial charge in [0.25, 0.3) is 0 Å². The van der Waals surface area contributed by atoms with Gasteiger partial charge >= 0.3 is 0 Å². The van der Waals surface area contributed by atoms with Crippen LogP contribution in [0.15, 0.2) is 96.1 Å². The molecular weight excluding hydrogens is 334 g/mol. The second-order valence-corrected chi connectivity index (χ2v) is 6.01. The standard InChI is InChI=1S/C23H19N3O/c1-27-22-15-9-8-12-19(22)16-24-21-17-26(20-13-6-3-7-14-20)25-23(21)18-10-4-2-5-11-18/h2-17H,1H3. The van der Waals surface area contributed by atoms with Crippen LogP contribution in [0.5, 0.6) is 5.75 Å². The molecule has 0 N–H and O–H groups in total. The van der Waals surface area contributed by atoms with Crippen molar-refractivity contribution in [1.29, 1.82) is 0 Å². The molecule has 4 aromatic rings. The van der Waals surface area contributed by atoms with Crippen molar-refractivity contribution in [3.8, 4) is 22.7 Å². The molecule has 27 heavy (non-hydrogen) atoms. The summed E-state index contributed by atoms with van der Waals surface area (Å²) in [5, 5.41) is 4.78. The van der Waals surface area contributed by atoms with E-state index in [0.29, 0.717) is 0 Å². The molecule has 4 heteroatoms. The van der Waals surface area contributed by atoms with Gasteiger partial charge < -0.3 is 4.74 Å². The Kier molecular flexibility index (Phi) is 4.79. The molecule has 0 saturated carbocycles. The maximum atomic E-state index is 5.41. The van der Waals surface area contributed by atoms with Crippen molar-refractivity contribution in [3.05, 3.63) is 96.7 Å². The quantitative estimate of drug-likeness (QED) is 0.457. The van der Waals surface area contributed by atoms with E-state index in [1.807, 2.05) is 102 Å². The Morgan fingerprint density at radius 3 is 2.26 bits per heavy atom. The molecule has 1 aromatic heterocycles. The zero-order chi connectivity index (χ0) is 18.5. The Labute approximate surface area is 158 Å². The summed E-state index contributed by atoms with van der Waals surface area (Å²) in [7, 11) is 1.66. The van der Waals surface area contributed by atoms with E-state index in [-0.39, 0.29) is 0 Å². The summed E-state index contributed by atoms with van der Waals surface area (Å²) in [5.74, 6) is 0.790. The summed E-state index contributed by atoms with van der Waals surface area (Å²) in [6.45, 7) is 0. The average molecular weight is 353 g/mol. The van der Waals surface area contributed by atoms with Crippen LogP contribution in [0.3, 0.4) is 0 Å². The lowest BCUT2D eigenvalue weighted by Gasteiger charge is -2.03. The second-order valence-electron chi connectivity index (χ2n) is 6.01. The maximum absolute atomic E-state index is 5.41. The lowest BCUT2D eigenvalue weighted by atomic mass is 10.1. The Hall–Kier alpha value is -3.66. The van der Waals surface area contributed by atoms with Crippen LogP contribution in [-0.4, -0.2) is 23.1 Å². The van der Waals surface area contributed by atoms with Gasteiger partial charge in [-0.3, -0.25) is 4.99 Å². The molecule has 0 aliphatic heterocycles. The molecule has 0 unspecified atom stereocenters. The van der Waals surface area contributed by atoms with E-state index in [1.165, 1.54) is 0 Å². The first-order chi connectivity index (χ1) is 13.3. The van der Waals surface area contributed by atoms with Crippen LogP contribution in [0.25, 0.3) is 16.9 Å². The third-order valence-electron chi connectivity index (χ3n) is 4.24. The van der Waals surface area contributed by atoms with Gasteiger partial charge in [0.2, 0.25) is 0 Å². The van der Waals surface area contributed by atoms with Crippen LogP contribution in [0, 0.1) is 0 Å². The van der Waals surface area contributed by atoms with Crippen LogP contribution in [-0.2, 0) is 0 Å². The molecule has 0 amide bonds. The van der Waals surface area contributed by atoms with Crippen LogP contribution in [0.2, 0.25) is 0 Å². The molecule has 132 valence electrons. The lowest BCUT2D eigenvalue weighted by molar-refractivity contribution is 0.414. The summed E-state index contributed by atoms with van der Waals surface area (Å²) >= 11 is 0. The topological polar surface area (TPSA) is 39.4 Å². The van der Waals surface area contributed by atoms with Gasteiger partial charge in [-0.05, 0) is 24.3 Å². The van der Waals surface area contributed by atoms with Crippen LogP contribution in [0.4, 0.5) is 5.69 Å². The molecule has 3 aromatic carbocycles. The first kappa shape index (κ1) is 16.8. The second kappa shape index (κ2) is 7.70. The average Bonchev–Trinajstić information content (AvgIpc) is 3.18. The fraction of sp³-hybridized carbons (Fsp3) is 0.0435. The highest BCUT2D eigenvalue weighted by molar-refractivity contribution is 5.87.